The van der Waals surface area contributed by atoms with Gasteiger partial charge < -0.3 is 0 Å². The minimum absolute atomic E-state index is 0.673. The molecule has 6 aromatic carbocycles. The molecule has 1 nitrogen and oxygen atoms in total. The highest BCUT2D eigenvalue weighted by atomic mass is 32.1. The molecule has 1 aromatic heterocycles. The van der Waals surface area contributed by atoms with E-state index in [0.717, 1.165) is 11.1 Å². The van der Waals surface area contributed by atoms with Gasteiger partial charge in [0.1, 0.15) is 0 Å². The summed E-state index contributed by atoms with van der Waals surface area (Å²) in [6.07, 6.45) is 0. The van der Waals surface area contributed by atoms with Gasteiger partial charge >= 0.3 is 0 Å². The molecule has 0 aliphatic carbocycles. The molecule has 0 spiro atoms. The molecular formula is C37H25NSSi. The van der Waals surface area contributed by atoms with Crippen LogP contribution in [0.3, 0.4) is 0 Å². The van der Waals surface area contributed by atoms with Gasteiger partial charge in [0.15, 0.2) is 8.07 Å². The van der Waals surface area contributed by atoms with Crippen LogP contribution in [0.2, 0.25) is 0 Å². The summed E-state index contributed by atoms with van der Waals surface area (Å²) in [5.41, 5.74) is 2.86. The maximum Gasteiger partial charge on any atom is 0.179 e. The van der Waals surface area contributed by atoms with Gasteiger partial charge in [-0.3, -0.25) is 0 Å². The topological polar surface area (TPSA) is 23.8 Å². The first-order valence-electron chi connectivity index (χ1n) is 13.4. The Morgan fingerprint density at radius 1 is 0.450 bits per heavy atom. The molecule has 0 saturated heterocycles. The normalized spacial score (nSPS) is 11.5. The van der Waals surface area contributed by atoms with Gasteiger partial charge in [-0.1, -0.05) is 127 Å². The molecule has 0 amide bonds. The summed E-state index contributed by atoms with van der Waals surface area (Å²) >= 11 is 1.86. The van der Waals surface area contributed by atoms with Crippen molar-refractivity contribution in [3.05, 3.63) is 157 Å². The van der Waals surface area contributed by atoms with E-state index in [-0.39, 0.29) is 0 Å². The number of rotatable bonds is 5. The number of thiophene rings is 1. The lowest BCUT2D eigenvalue weighted by atomic mass is 10.0. The van der Waals surface area contributed by atoms with Gasteiger partial charge in [-0.2, -0.15) is 5.26 Å². The van der Waals surface area contributed by atoms with Crippen molar-refractivity contribution in [1.82, 2.24) is 0 Å². The molecule has 0 unspecified atom stereocenters. The quantitative estimate of drug-likeness (QED) is 0.170. The van der Waals surface area contributed by atoms with Crippen molar-refractivity contribution in [1.29, 1.82) is 5.26 Å². The summed E-state index contributed by atoms with van der Waals surface area (Å²) in [5, 5.41) is 17.6. The molecule has 7 aromatic rings. The zero-order valence-electron chi connectivity index (χ0n) is 21.8. The number of fused-ring (bicyclic) bond motifs is 3. The molecule has 188 valence electrons. The van der Waals surface area contributed by atoms with Crippen molar-refractivity contribution in [3.63, 3.8) is 0 Å². The first-order valence-corrected chi connectivity index (χ1v) is 16.2. The largest absolute Gasteiger partial charge is 0.192 e. The highest BCUT2D eigenvalue weighted by Gasteiger charge is 2.41. The predicted molar refractivity (Wildman–Crippen MR) is 173 cm³/mol. The van der Waals surface area contributed by atoms with Crippen molar-refractivity contribution in [2.45, 2.75) is 0 Å². The minimum atomic E-state index is -2.72. The Balaban J connectivity index is 1.57. The summed E-state index contributed by atoms with van der Waals surface area (Å²) in [5.74, 6) is 0. The van der Waals surface area contributed by atoms with E-state index < -0.39 is 8.07 Å². The fourth-order valence-corrected chi connectivity index (χ4v) is 11.9. The zero-order valence-corrected chi connectivity index (χ0v) is 23.6. The second kappa shape index (κ2) is 10.1. The molecule has 0 aliphatic rings. The van der Waals surface area contributed by atoms with Gasteiger partial charge in [0.2, 0.25) is 0 Å². The van der Waals surface area contributed by atoms with E-state index in [1.807, 2.05) is 29.5 Å². The molecule has 40 heavy (non-hydrogen) atoms. The lowest BCUT2D eigenvalue weighted by Gasteiger charge is -2.35. The van der Waals surface area contributed by atoms with Gasteiger partial charge in [-0.05, 0) is 56.1 Å². The summed E-state index contributed by atoms with van der Waals surface area (Å²) in [4.78, 5) is 0. The Morgan fingerprint density at radius 3 is 1.75 bits per heavy atom. The number of hydrogen-bond donors (Lipinski definition) is 0. The number of hydrogen-bond acceptors (Lipinski definition) is 2. The fraction of sp³-hybridized carbons (Fsp3) is 0. The van der Waals surface area contributed by atoms with Crippen LogP contribution in [0.1, 0.15) is 5.56 Å². The first-order chi connectivity index (χ1) is 19.8. The summed E-state index contributed by atoms with van der Waals surface area (Å²) in [6.45, 7) is 0. The third-order valence-corrected chi connectivity index (χ3v) is 13.7. The summed E-state index contributed by atoms with van der Waals surface area (Å²) < 4.78 is 2.64. The number of nitrogens with zero attached hydrogens (tertiary/aromatic N) is 1. The van der Waals surface area contributed by atoms with E-state index >= 15 is 0 Å². The lowest BCUT2D eigenvalue weighted by Crippen LogP contribution is -2.74. The highest BCUT2D eigenvalue weighted by molar-refractivity contribution is 7.26. The van der Waals surface area contributed by atoms with Gasteiger partial charge in [-0.25, -0.2) is 0 Å². The molecule has 0 radical (unpaired) electrons. The van der Waals surface area contributed by atoms with Crippen molar-refractivity contribution >= 4 is 60.3 Å². The summed E-state index contributed by atoms with van der Waals surface area (Å²) in [6, 6.07) is 57.2. The SMILES string of the molecule is N#Cc1cccc(-c2cccc([Si](c3ccccc3)(c3ccccc3)c3ccc4sc5ccccc5c4c3)c2)c1. The molecule has 0 saturated carbocycles. The Labute approximate surface area is 239 Å². The standard InChI is InChI=1S/C37H25NSSi/c38-26-27-11-9-12-28(23-27)29-13-10-18-32(24-29)40(30-14-3-1-4-15-30,31-16-5-2-6-17-31)33-21-22-37-35(25-33)34-19-7-8-20-36(34)39-37/h1-25H. The van der Waals surface area contributed by atoms with Crippen LogP contribution in [-0.4, -0.2) is 8.07 Å². The Morgan fingerprint density at radius 2 is 1.02 bits per heavy atom. The van der Waals surface area contributed by atoms with E-state index in [2.05, 4.69) is 140 Å². The molecular weight excluding hydrogens is 519 g/mol. The van der Waals surface area contributed by atoms with Crippen molar-refractivity contribution in [3.8, 4) is 17.2 Å². The van der Waals surface area contributed by atoms with Gasteiger partial charge in [0.05, 0.1) is 11.6 Å². The van der Waals surface area contributed by atoms with Crippen LogP contribution in [-0.2, 0) is 0 Å². The summed E-state index contributed by atoms with van der Waals surface area (Å²) in [7, 11) is -2.72. The smallest absolute Gasteiger partial charge is 0.179 e. The first kappa shape index (κ1) is 24.3. The Kier molecular flexibility index (Phi) is 6.13. The van der Waals surface area contributed by atoms with Crippen molar-refractivity contribution in [2.75, 3.05) is 0 Å². The van der Waals surface area contributed by atoms with Crippen molar-refractivity contribution < 1.29 is 0 Å². The molecule has 0 N–H and O–H groups in total. The molecule has 1 heterocycles. The average molecular weight is 544 g/mol. The lowest BCUT2D eigenvalue weighted by molar-refractivity contribution is 1.48. The number of benzene rings is 6. The maximum absolute atomic E-state index is 9.54. The van der Waals surface area contributed by atoms with E-state index in [1.165, 1.54) is 40.9 Å². The second-order valence-corrected chi connectivity index (χ2v) is 15.0. The second-order valence-electron chi connectivity index (χ2n) is 10.1. The van der Waals surface area contributed by atoms with Crippen LogP contribution in [0, 0.1) is 11.3 Å². The third kappa shape index (κ3) is 3.98. The van der Waals surface area contributed by atoms with E-state index in [0.29, 0.717) is 5.56 Å². The van der Waals surface area contributed by atoms with Gasteiger partial charge in [0.25, 0.3) is 0 Å². The van der Waals surface area contributed by atoms with Gasteiger partial charge in [0, 0.05) is 20.2 Å². The monoisotopic (exact) mass is 543 g/mol. The Bertz CT molecular complexity index is 1980. The maximum atomic E-state index is 9.54. The van der Waals surface area contributed by atoms with E-state index in [9.17, 15) is 5.26 Å². The molecule has 7 rings (SSSR count). The fourth-order valence-electron chi connectivity index (χ4n) is 6.04. The molecule has 3 heteroatoms. The molecule has 0 fully saturated rings. The van der Waals surface area contributed by atoms with Crippen LogP contribution in [0.25, 0.3) is 31.3 Å². The zero-order chi connectivity index (χ0) is 26.9. The van der Waals surface area contributed by atoms with E-state index in [4.69, 9.17) is 0 Å². The molecule has 0 bridgehead atoms. The number of nitriles is 1. The Hall–Kier alpha value is -4.75. The highest BCUT2D eigenvalue weighted by Crippen LogP contribution is 2.33. The third-order valence-electron chi connectivity index (χ3n) is 7.84. The predicted octanol–water partition coefficient (Wildman–Crippen LogP) is 6.97. The van der Waals surface area contributed by atoms with Crippen LogP contribution in [0.5, 0.6) is 0 Å². The van der Waals surface area contributed by atoms with Crippen LogP contribution in [0.15, 0.2) is 152 Å². The van der Waals surface area contributed by atoms with Crippen LogP contribution >= 0.6 is 11.3 Å². The van der Waals surface area contributed by atoms with Crippen molar-refractivity contribution in [2.24, 2.45) is 0 Å². The van der Waals surface area contributed by atoms with Gasteiger partial charge in [-0.15, -0.1) is 11.3 Å². The van der Waals surface area contributed by atoms with E-state index in [1.54, 1.807) is 0 Å². The average Bonchev–Trinajstić information content (AvgIpc) is 3.41. The minimum Gasteiger partial charge on any atom is -0.192 e. The van der Waals surface area contributed by atoms with Crippen LogP contribution in [0.4, 0.5) is 0 Å². The van der Waals surface area contributed by atoms with Crippen LogP contribution < -0.4 is 20.7 Å². The molecule has 0 atom stereocenters. The molecule has 0 aliphatic heterocycles.